The summed E-state index contributed by atoms with van der Waals surface area (Å²) in [5.41, 5.74) is 1.09. The van der Waals surface area contributed by atoms with Crippen molar-refractivity contribution in [1.82, 2.24) is 0 Å². The zero-order valence-electron chi connectivity index (χ0n) is 16.7. The van der Waals surface area contributed by atoms with Crippen molar-refractivity contribution in [1.29, 1.82) is 0 Å². The minimum atomic E-state index is -4.06. The molecule has 0 amide bonds. The number of aromatic nitrogens is 1. The third kappa shape index (κ3) is 4.80. The molecule has 0 N–H and O–H groups in total. The highest BCUT2D eigenvalue weighted by molar-refractivity contribution is 7.90. The number of hydrogen-bond donors (Lipinski definition) is 0. The van der Waals surface area contributed by atoms with Gasteiger partial charge in [0.25, 0.3) is 10.0 Å². The minimum absolute atomic E-state index is 0.0240. The summed E-state index contributed by atoms with van der Waals surface area (Å²) in [5, 5.41) is 24.4. The van der Waals surface area contributed by atoms with Gasteiger partial charge in [0.1, 0.15) is 0 Å². The van der Waals surface area contributed by atoms with Gasteiger partial charge in [-0.25, -0.2) is 0 Å². The van der Waals surface area contributed by atoms with E-state index in [1.807, 2.05) is 20.8 Å². The lowest BCUT2D eigenvalue weighted by atomic mass is 9.87. The maximum atomic E-state index is 12.9. The Hall–Kier alpha value is -2.90. The summed E-state index contributed by atoms with van der Waals surface area (Å²) in [6, 6.07) is 9.19. The summed E-state index contributed by atoms with van der Waals surface area (Å²) in [6.07, 6.45) is 6.57. The van der Waals surface area contributed by atoms with E-state index in [-0.39, 0.29) is 32.2 Å². The molecule has 0 saturated heterocycles. The number of hydrogen-bond acceptors (Lipinski definition) is 4. The molecular weight excluding hydrogens is 424 g/mol. The lowest BCUT2D eigenvalue weighted by molar-refractivity contribution is -0.605. The van der Waals surface area contributed by atoms with Crippen molar-refractivity contribution in [3.8, 4) is 0 Å². The van der Waals surface area contributed by atoms with Gasteiger partial charge in [-0.3, -0.25) is 0 Å². The number of halogens is 1. The predicted octanol–water partition coefficient (Wildman–Crippen LogP) is 3.21. The van der Waals surface area contributed by atoms with Crippen molar-refractivity contribution in [3.05, 3.63) is 94.0 Å². The molecule has 8 heteroatoms. The highest BCUT2D eigenvalue weighted by Crippen LogP contribution is 2.26. The average Bonchev–Trinajstić information content (AvgIpc) is 2.69. The molecule has 1 aliphatic rings. The van der Waals surface area contributed by atoms with Crippen LogP contribution in [0.4, 0.5) is 0 Å². The van der Waals surface area contributed by atoms with Crippen LogP contribution in [0.5, 0.6) is 0 Å². The Morgan fingerprint density at radius 2 is 1.63 bits per heavy atom. The lowest BCUT2D eigenvalue weighted by Crippen LogP contribution is -2.24. The van der Waals surface area contributed by atoms with Gasteiger partial charge in [0, 0.05) is 17.2 Å². The Morgan fingerprint density at radius 3 is 2.20 bits per heavy atom. The van der Waals surface area contributed by atoms with Crippen LogP contribution < -0.4 is 9.84 Å². The van der Waals surface area contributed by atoms with Gasteiger partial charge in [-0.05, 0) is 52.5 Å². The van der Waals surface area contributed by atoms with Gasteiger partial charge in [-0.1, -0.05) is 50.3 Å². The second kappa shape index (κ2) is 8.08. The summed E-state index contributed by atoms with van der Waals surface area (Å²) in [4.78, 5) is 0.0240. The topological polar surface area (TPSA) is 96.5 Å². The zero-order valence-corrected chi connectivity index (χ0v) is 18.2. The number of benzene rings is 1. The molecule has 30 heavy (non-hydrogen) atoms. The van der Waals surface area contributed by atoms with Gasteiger partial charge >= 0.3 is 0 Å². The first-order valence-electron chi connectivity index (χ1n) is 9.09. The van der Waals surface area contributed by atoms with Gasteiger partial charge in [0.2, 0.25) is 0 Å². The number of pyridine rings is 1. The Labute approximate surface area is 180 Å². The second-order valence-electron chi connectivity index (χ2n) is 7.78. The molecule has 0 bridgehead atoms. The standard InChI is InChI=1S/C22H21ClN2O4S/c1-22(2,3)16-4-7-18(8-5-16)30(28,29)24-20-9-6-17(23)14-19(20)21(26)15-10-12-25(27)13-11-15/h4-14,26H,1-3H3/p-1/b21-19-,24-20+. The number of nitrogens with zero attached hydrogens (tertiary/aromatic N) is 2. The van der Waals surface area contributed by atoms with Gasteiger partial charge < -0.3 is 10.3 Å². The molecule has 0 spiro atoms. The SMILES string of the molecule is CC(C)(C)c1ccc(S(=O)(=O)/N=C2\C=CC(Cl)=C\C2=C(\[O-])c2cc[n+]([O-])cc2)cc1. The molecule has 0 atom stereocenters. The molecule has 0 radical (unpaired) electrons. The minimum Gasteiger partial charge on any atom is -0.872 e. The number of allylic oxidation sites excluding steroid dienone is 5. The molecule has 1 aromatic heterocycles. The van der Waals surface area contributed by atoms with Crippen LogP contribution in [0.1, 0.15) is 31.9 Å². The van der Waals surface area contributed by atoms with E-state index in [4.69, 9.17) is 11.6 Å². The molecule has 3 rings (SSSR count). The molecule has 156 valence electrons. The van der Waals surface area contributed by atoms with E-state index in [1.54, 1.807) is 12.1 Å². The van der Waals surface area contributed by atoms with Gasteiger partial charge in [0.05, 0.1) is 10.6 Å². The van der Waals surface area contributed by atoms with E-state index in [9.17, 15) is 18.7 Å². The van der Waals surface area contributed by atoms with Crippen LogP contribution in [0.3, 0.4) is 0 Å². The first kappa shape index (κ1) is 21.8. The molecule has 0 fully saturated rings. The maximum absolute atomic E-state index is 12.9. The molecular formula is C22H20ClN2O4S-. The molecule has 1 heterocycles. The highest BCUT2D eigenvalue weighted by Gasteiger charge is 2.19. The van der Waals surface area contributed by atoms with Crippen LogP contribution in [0.25, 0.3) is 5.76 Å². The Morgan fingerprint density at radius 1 is 1.03 bits per heavy atom. The van der Waals surface area contributed by atoms with Gasteiger partial charge in [0.15, 0.2) is 12.4 Å². The number of rotatable bonds is 3. The van der Waals surface area contributed by atoms with E-state index >= 15 is 0 Å². The van der Waals surface area contributed by atoms with Crippen molar-refractivity contribution in [2.75, 3.05) is 0 Å². The predicted molar refractivity (Wildman–Crippen MR) is 115 cm³/mol. The molecule has 1 aliphatic carbocycles. The third-order valence-corrected chi connectivity index (χ3v) is 6.04. The van der Waals surface area contributed by atoms with Crippen LogP contribution in [-0.4, -0.2) is 14.1 Å². The maximum Gasteiger partial charge on any atom is 0.282 e. The second-order valence-corrected chi connectivity index (χ2v) is 9.82. The van der Waals surface area contributed by atoms with E-state index in [2.05, 4.69) is 4.40 Å². The number of sulfonamides is 1. The summed E-state index contributed by atoms with van der Waals surface area (Å²) >= 11 is 6.02. The van der Waals surface area contributed by atoms with E-state index in [0.29, 0.717) is 4.73 Å². The Kier molecular flexibility index (Phi) is 5.87. The fourth-order valence-electron chi connectivity index (χ4n) is 2.80. The highest BCUT2D eigenvalue weighted by atomic mass is 35.5. The van der Waals surface area contributed by atoms with Crippen LogP contribution >= 0.6 is 11.6 Å². The van der Waals surface area contributed by atoms with Crippen molar-refractivity contribution in [2.24, 2.45) is 4.40 Å². The van der Waals surface area contributed by atoms with Crippen molar-refractivity contribution in [3.63, 3.8) is 0 Å². The molecule has 6 nitrogen and oxygen atoms in total. The van der Waals surface area contributed by atoms with Gasteiger partial charge in [-0.2, -0.15) is 17.5 Å². The van der Waals surface area contributed by atoms with Crippen molar-refractivity contribution in [2.45, 2.75) is 31.1 Å². The summed E-state index contributed by atoms with van der Waals surface area (Å²) in [6.45, 7) is 6.10. The normalized spacial score (nSPS) is 17.7. The summed E-state index contributed by atoms with van der Waals surface area (Å²) in [7, 11) is -4.06. The third-order valence-electron chi connectivity index (χ3n) is 4.50. The lowest BCUT2D eigenvalue weighted by Gasteiger charge is -2.20. The van der Waals surface area contributed by atoms with Crippen LogP contribution in [0.15, 0.2) is 86.9 Å². The molecule has 1 aromatic carbocycles. The molecule has 0 saturated carbocycles. The Balaban J connectivity index is 2.06. The average molecular weight is 444 g/mol. The first-order chi connectivity index (χ1) is 14.0. The largest absolute Gasteiger partial charge is 0.872 e. The van der Waals surface area contributed by atoms with Crippen LogP contribution in [-0.2, 0) is 15.4 Å². The summed E-state index contributed by atoms with van der Waals surface area (Å²) < 4.78 is 30.1. The fourth-order valence-corrected chi connectivity index (χ4v) is 3.97. The summed E-state index contributed by atoms with van der Waals surface area (Å²) in [5.74, 6) is -0.491. The Bertz CT molecular complexity index is 1190. The smallest absolute Gasteiger partial charge is 0.282 e. The van der Waals surface area contributed by atoms with Crippen molar-refractivity contribution < 1.29 is 18.3 Å². The van der Waals surface area contributed by atoms with Gasteiger partial charge in [-0.15, -0.1) is 0 Å². The monoisotopic (exact) mass is 443 g/mol. The zero-order chi connectivity index (χ0) is 22.1. The first-order valence-corrected chi connectivity index (χ1v) is 10.9. The quantitative estimate of drug-likeness (QED) is 0.413. The molecule has 0 aliphatic heterocycles. The fraction of sp³-hybridized carbons (Fsp3) is 0.182. The molecule has 0 unspecified atom stereocenters. The van der Waals surface area contributed by atoms with Crippen LogP contribution in [0, 0.1) is 5.21 Å². The van der Waals surface area contributed by atoms with E-state index < -0.39 is 15.8 Å². The van der Waals surface area contributed by atoms with E-state index in [1.165, 1.54) is 54.9 Å². The van der Waals surface area contributed by atoms with E-state index in [0.717, 1.165) is 5.56 Å². The van der Waals surface area contributed by atoms with Crippen molar-refractivity contribution >= 4 is 33.1 Å². The van der Waals surface area contributed by atoms with Crippen LogP contribution in [0.2, 0.25) is 0 Å². The molecule has 2 aromatic rings.